The van der Waals surface area contributed by atoms with Crippen molar-refractivity contribution >= 4 is 10.0 Å². The number of rotatable bonds is 2. The molecule has 1 aromatic carbocycles. The Balaban J connectivity index is 1.64. The highest BCUT2D eigenvalue weighted by atomic mass is 32.2. The Morgan fingerprint density at radius 1 is 1.13 bits per heavy atom. The summed E-state index contributed by atoms with van der Waals surface area (Å²) in [6, 6.07) is 6.16. The molecule has 3 heterocycles. The molecule has 0 spiro atoms. The van der Waals surface area contributed by atoms with Crippen LogP contribution < -0.4 is 9.46 Å². The van der Waals surface area contributed by atoms with Gasteiger partial charge in [-0.3, -0.25) is 4.90 Å². The van der Waals surface area contributed by atoms with Crippen LogP contribution in [0.4, 0.5) is 8.78 Å². The number of alkyl halides is 2. The summed E-state index contributed by atoms with van der Waals surface area (Å²) in [5.74, 6) is 0.422. The average molecular weight is 445 g/mol. The van der Waals surface area contributed by atoms with Crippen LogP contribution in [0, 0.1) is 0 Å². The van der Waals surface area contributed by atoms with E-state index in [1.54, 1.807) is 17.0 Å². The second-order valence-electron chi connectivity index (χ2n) is 8.76. The summed E-state index contributed by atoms with van der Waals surface area (Å²) < 4.78 is 67.8. The highest BCUT2D eigenvalue weighted by Gasteiger charge is 2.42. The minimum absolute atomic E-state index is 0.0678. The van der Waals surface area contributed by atoms with E-state index in [2.05, 4.69) is 4.72 Å². The molecule has 2 bridgehead atoms. The number of nitrogens with one attached hydrogen (secondary N) is 1. The van der Waals surface area contributed by atoms with Gasteiger partial charge < -0.3 is 9.47 Å². The van der Waals surface area contributed by atoms with Gasteiger partial charge >= 0.3 is 6.11 Å². The molecule has 2 atom stereocenters. The number of benzene rings is 1. The molecule has 2 unspecified atom stereocenters. The lowest BCUT2D eigenvalue weighted by atomic mass is 9.82. The molecular formula is C21H30F2N2O4S. The van der Waals surface area contributed by atoms with Crippen molar-refractivity contribution in [3.05, 3.63) is 29.8 Å². The van der Waals surface area contributed by atoms with Gasteiger partial charge in [0.15, 0.2) is 0 Å². The summed E-state index contributed by atoms with van der Waals surface area (Å²) in [5.41, 5.74) is 0.835. The van der Waals surface area contributed by atoms with Gasteiger partial charge in [-0.05, 0) is 62.6 Å². The molecule has 6 nitrogen and oxygen atoms in total. The zero-order chi connectivity index (χ0) is 21.4. The highest BCUT2D eigenvalue weighted by molar-refractivity contribution is 7.88. The molecule has 1 saturated carbocycles. The second kappa shape index (κ2) is 8.68. The van der Waals surface area contributed by atoms with E-state index in [-0.39, 0.29) is 24.4 Å². The fourth-order valence-electron chi connectivity index (χ4n) is 5.07. The van der Waals surface area contributed by atoms with Crippen molar-refractivity contribution in [3.63, 3.8) is 0 Å². The summed E-state index contributed by atoms with van der Waals surface area (Å²) in [5, 5.41) is 0. The van der Waals surface area contributed by atoms with Crippen molar-refractivity contribution < 1.29 is 26.7 Å². The smallest absolute Gasteiger partial charge is 0.410 e. The Morgan fingerprint density at radius 2 is 1.87 bits per heavy atom. The molecule has 9 heteroatoms. The molecule has 1 saturated heterocycles. The van der Waals surface area contributed by atoms with Crippen LogP contribution in [0.3, 0.4) is 0 Å². The SMILES string of the molecule is CS(=O)(=O)NC1CCCN2CC(F)(F)Oc3ccccc3C3CCC(CC3)OCC12. The quantitative estimate of drug-likeness (QED) is 0.759. The van der Waals surface area contributed by atoms with E-state index in [9.17, 15) is 8.42 Å². The third kappa shape index (κ3) is 5.30. The van der Waals surface area contributed by atoms with E-state index in [0.717, 1.165) is 37.5 Å². The molecule has 2 fully saturated rings. The first-order valence-corrected chi connectivity index (χ1v) is 12.6. The Labute approximate surface area is 177 Å². The van der Waals surface area contributed by atoms with Crippen LogP contribution in [0.2, 0.25) is 0 Å². The zero-order valence-electron chi connectivity index (χ0n) is 17.2. The van der Waals surface area contributed by atoms with Crippen molar-refractivity contribution in [2.75, 3.05) is 26.0 Å². The average Bonchev–Trinajstić information content (AvgIpc) is 2.67. The van der Waals surface area contributed by atoms with Crippen molar-refractivity contribution in [1.29, 1.82) is 0 Å². The van der Waals surface area contributed by atoms with Crippen LogP contribution in [-0.2, 0) is 14.8 Å². The van der Waals surface area contributed by atoms with Crippen LogP contribution in [0.1, 0.15) is 50.0 Å². The number of piperidine rings is 1. The molecule has 5 rings (SSSR count). The second-order valence-corrected chi connectivity index (χ2v) is 10.5. The maximum atomic E-state index is 15.0. The van der Waals surface area contributed by atoms with Crippen LogP contribution in [-0.4, -0.2) is 63.6 Å². The number of hydrogen-bond acceptors (Lipinski definition) is 5. The molecule has 30 heavy (non-hydrogen) atoms. The Morgan fingerprint density at radius 3 is 2.60 bits per heavy atom. The summed E-state index contributed by atoms with van der Waals surface area (Å²) in [6.45, 7) is 0.0715. The molecular weight excluding hydrogens is 414 g/mol. The minimum atomic E-state index is -3.46. The highest BCUT2D eigenvalue weighted by Crippen LogP contribution is 2.40. The fraction of sp³-hybridized carbons (Fsp3) is 0.714. The van der Waals surface area contributed by atoms with Crippen molar-refractivity contribution in [2.24, 2.45) is 0 Å². The molecule has 0 radical (unpaired) electrons. The maximum absolute atomic E-state index is 15.0. The number of fused-ring (bicyclic) bond motifs is 5. The van der Waals surface area contributed by atoms with Gasteiger partial charge in [-0.2, -0.15) is 8.78 Å². The number of halogens is 2. The number of ether oxygens (including phenoxy) is 2. The minimum Gasteiger partial charge on any atom is -0.431 e. The Hall–Kier alpha value is -1.29. The predicted octanol–water partition coefficient (Wildman–Crippen LogP) is 3.10. The fourth-order valence-corrected chi connectivity index (χ4v) is 5.90. The summed E-state index contributed by atoms with van der Waals surface area (Å²) in [7, 11) is -3.46. The van der Waals surface area contributed by atoms with Crippen molar-refractivity contribution in [3.8, 4) is 5.75 Å². The van der Waals surface area contributed by atoms with Gasteiger partial charge in [0.25, 0.3) is 0 Å². The van der Waals surface area contributed by atoms with E-state index in [0.29, 0.717) is 19.4 Å². The Bertz CT molecular complexity index is 843. The lowest BCUT2D eigenvalue weighted by Gasteiger charge is -2.42. The molecule has 1 aliphatic carbocycles. The van der Waals surface area contributed by atoms with Crippen LogP contribution in [0.15, 0.2) is 24.3 Å². The van der Waals surface area contributed by atoms with Gasteiger partial charge in [0, 0.05) is 12.1 Å². The summed E-state index contributed by atoms with van der Waals surface area (Å²) in [6.07, 6.45) is 2.42. The third-order valence-electron chi connectivity index (χ3n) is 6.44. The standard InChI is InChI=1S/C21H30F2N2O4S/c1-30(26,27)24-18-6-4-12-25-14-21(22,23)29-20-7-3-2-5-17(20)15-8-10-16(11-9-15)28-13-19(18)25/h2-3,5,7,15-16,18-19,24H,4,6,8-14H2,1H3. The van der Waals surface area contributed by atoms with Crippen molar-refractivity contribution in [1.82, 2.24) is 9.62 Å². The first kappa shape index (κ1) is 21.9. The predicted molar refractivity (Wildman–Crippen MR) is 109 cm³/mol. The Kier molecular flexibility index (Phi) is 6.35. The zero-order valence-corrected chi connectivity index (χ0v) is 18.0. The van der Waals surface area contributed by atoms with Crippen LogP contribution >= 0.6 is 0 Å². The van der Waals surface area contributed by atoms with Gasteiger partial charge in [0.05, 0.1) is 19.0 Å². The molecule has 3 aliphatic heterocycles. The van der Waals surface area contributed by atoms with Gasteiger partial charge in [-0.25, -0.2) is 13.1 Å². The first-order chi connectivity index (χ1) is 14.2. The normalized spacial score (nSPS) is 32.6. The van der Waals surface area contributed by atoms with Gasteiger partial charge in [-0.1, -0.05) is 18.2 Å². The monoisotopic (exact) mass is 444 g/mol. The van der Waals surface area contributed by atoms with E-state index in [1.165, 1.54) is 0 Å². The van der Waals surface area contributed by atoms with E-state index in [4.69, 9.17) is 9.47 Å². The maximum Gasteiger partial charge on any atom is 0.410 e. The van der Waals surface area contributed by atoms with E-state index in [1.807, 2.05) is 12.1 Å². The third-order valence-corrected chi connectivity index (χ3v) is 7.17. The van der Waals surface area contributed by atoms with Gasteiger partial charge in [0.1, 0.15) is 12.3 Å². The number of hydrogen-bond donors (Lipinski definition) is 1. The summed E-state index contributed by atoms with van der Waals surface area (Å²) in [4.78, 5) is 1.62. The topological polar surface area (TPSA) is 67.9 Å². The van der Waals surface area contributed by atoms with Crippen molar-refractivity contribution in [2.45, 2.75) is 68.7 Å². The molecule has 0 amide bonds. The van der Waals surface area contributed by atoms with E-state index < -0.39 is 34.8 Å². The van der Waals surface area contributed by atoms with Crippen LogP contribution in [0.5, 0.6) is 5.75 Å². The first-order valence-electron chi connectivity index (χ1n) is 10.7. The van der Waals surface area contributed by atoms with Gasteiger partial charge in [0.2, 0.25) is 10.0 Å². The number of nitrogens with zero attached hydrogens (tertiary/aromatic N) is 1. The van der Waals surface area contributed by atoms with Crippen LogP contribution in [0.25, 0.3) is 0 Å². The number of para-hydroxylation sites is 1. The lowest BCUT2D eigenvalue weighted by molar-refractivity contribution is -0.197. The molecule has 4 aliphatic rings. The molecule has 0 aromatic heterocycles. The van der Waals surface area contributed by atoms with Gasteiger partial charge in [-0.15, -0.1) is 0 Å². The molecule has 1 N–H and O–H groups in total. The largest absolute Gasteiger partial charge is 0.431 e. The molecule has 168 valence electrons. The van der Waals surface area contributed by atoms with E-state index >= 15 is 8.78 Å². The summed E-state index contributed by atoms with van der Waals surface area (Å²) >= 11 is 0. The number of sulfonamides is 1. The molecule has 1 aromatic rings. The lowest BCUT2D eigenvalue weighted by Crippen LogP contribution is -2.59.